The second kappa shape index (κ2) is 2.97. The third-order valence-electron chi connectivity index (χ3n) is 3.69. The minimum atomic E-state index is -0.699. The molecule has 2 bridgehead atoms. The van der Waals surface area contributed by atoms with Crippen molar-refractivity contribution in [3.63, 3.8) is 0 Å². The van der Waals surface area contributed by atoms with Crippen molar-refractivity contribution in [2.75, 3.05) is 6.54 Å². The maximum atomic E-state index is 11.0. The molecule has 1 atom stereocenters. The first-order valence-electron chi connectivity index (χ1n) is 5.01. The third-order valence-corrected chi connectivity index (χ3v) is 3.69. The minimum absolute atomic E-state index is 0.0705. The summed E-state index contributed by atoms with van der Waals surface area (Å²) in [4.78, 5) is 21.8. The van der Waals surface area contributed by atoms with Crippen molar-refractivity contribution in [2.45, 2.75) is 26.2 Å². The first kappa shape index (κ1) is 9.49. The number of hydrogen-bond donors (Lipinski definition) is 2. The van der Waals surface area contributed by atoms with Crippen molar-refractivity contribution >= 4 is 11.9 Å². The topological polar surface area (TPSA) is 66.4 Å². The van der Waals surface area contributed by atoms with Crippen LogP contribution in [-0.4, -0.2) is 23.5 Å². The van der Waals surface area contributed by atoms with Crippen LogP contribution in [0.15, 0.2) is 0 Å². The number of carbonyl (C=O) groups excluding carboxylic acids is 1. The van der Waals surface area contributed by atoms with Crippen molar-refractivity contribution in [3.05, 3.63) is 0 Å². The number of amides is 1. The van der Waals surface area contributed by atoms with Crippen LogP contribution in [0.25, 0.3) is 0 Å². The first-order chi connectivity index (χ1) is 6.53. The standard InChI is InChI=1S/C10H15NO3/c1-6(12)11-5-10-3-7(4-10)2-8(10)9(13)14/h7-8H,2-5H2,1H3,(H,11,12)(H,13,14). The Morgan fingerprint density at radius 2 is 2.14 bits per heavy atom. The molecule has 1 unspecified atom stereocenters. The van der Waals surface area contributed by atoms with Gasteiger partial charge in [0, 0.05) is 18.9 Å². The summed E-state index contributed by atoms with van der Waals surface area (Å²) in [7, 11) is 0. The molecule has 3 rings (SSSR count). The molecule has 0 heterocycles. The number of hydrogen-bond acceptors (Lipinski definition) is 2. The van der Waals surface area contributed by atoms with Crippen LogP contribution in [0.4, 0.5) is 0 Å². The average molecular weight is 197 g/mol. The van der Waals surface area contributed by atoms with Gasteiger partial charge < -0.3 is 10.4 Å². The normalized spacial score (nSPS) is 38.9. The lowest BCUT2D eigenvalue weighted by Gasteiger charge is -2.40. The molecular weight excluding hydrogens is 182 g/mol. The molecule has 0 radical (unpaired) electrons. The quantitative estimate of drug-likeness (QED) is 0.697. The molecule has 0 aliphatic heterocycles. The van der Waals surface area contributed by atoms with Gasteiger partial charge in [-0.25, -0.2) is 0 Å². The van der Waals surface area contributed by atoms with E-state index in [1.807, 2.05) is 0 Å². The summed E-state index contributed by atoms with van der Waals surface area (Å²) in [5.41, 5.74) is -0.123. The average Bonchev–Trinajstić information content (AvgIpc) is 2.53. The van der Waals surface area contributed by atoms with E-state index in [4.69, 9.17) is 5.11 Å². The van der Waals surface area contributed by atoms with Crippen LogP contribution in [0.1, 0.15) is 26.2 Å². The van der Waals surface area contributed by atoms with Gasteiger partial charge in [-0.1, -0.05) is 0 Å². The summed E-state index contributed by atoms with van der Waals surface area (Å²) >= 11 is 0. The Balaban J connectivity index is 2.01. The number of carboxylic acids is 1. The largest absolute Gasteiger partial charge is 0.481 e. The molecule has 1 amide bonds. The summed E-state index contributed by atoms with van der Waals surface area (Å²) in [6, 6.07) is 0. The van der Waals surface area contributed by atoms with Gasteiger partial charge in [-0.15, -0.1) is 0 Å². The van der Waals surface area contributed by atoms with Crippen molar-refractivity contribution in [1.29, 1.82) is 0 Å². The van der Waals surface area contributed by atoms with Crippen LogP contribution in [0.3, 0.4) is 0 Å². The zero-order valence-corrected chi connectivity index (χ0v) is 8.25. The van der Waals surface area contributed by atoms with Crippen LogP contribution in [0.2, 0.25) is 0 Å². The lowest BCUT2D eigenvalue weighted by atomic mass is 9.66. The predicted molar refractivity (Wildman–Crippen MR) is 49.6 cm³/mol. The highest BCUT2D eigenvalue weighted by Crippen LogP contribution is 2.61. The summed E-state index contributed by atoms with van der Waals surface area (Å²) in [5, 5.41) is 11.8. The highest BCUT2D eigenvalue weighted by atomic mass is 16.4. The van der Waals surface area contributed by atoms with Gasteiger partial charge in [0.15, 0.2) is 0 Å². The molecule has 0 saturated heterocycles. The SMILES string of the molecule is CC(=O)NCC12CC(CC1C(=O)O)C2. The molecule has 3 aliphatic carbocycles. The van der Waals surface area contributed by atoms with Crippen LogP contribution in [0, 0.1) is 17.3 Å². The van der Waals surface area contributed by atoms with E-state index in [0.717, 1.165) is 19.3 Å². The third kappa shape index (κ3) is 1.29. The van der Waals surface area contributed by atoms with Gasteiger partial charge in [0.05, 0.1) is 5.92 Å². The summed E-state index contributed by atoms with van der Waals surface area (Å²) in [6.07, 6.45) is 2.75. The molecule has 2 N–H and O–H groups in total. The molecule has 0 aromatic rings. The van der Waals surface area contributed by atoms with Gasteiger partial charge in [0.25, 0.3) is 0 Å². The molecular formula is C10H15NO3. The summed E-state index contributed by atoms with van der Waals surface area (Å²) in [5.74, 6) is -0.418. The number of carboxylic acid groups (broad SMARTS) is 1. The maximum absolute atomic E-state index is 11.0. The van der Waals surface area contributed by atoms with Crippen molar-refractivity contribution in [1.82, 2.24) is 5.32 Å². The van der Waals surface area contributed by atoms with Crippen LogP contribution in [-0.2, 0) is 9.59 Å². The van der Waals surface area contributed by atoms with Gasteiger partial charge in [-0.05, 0) is 25.2 Å². The zero-order chi connectivity index (χ0) is 10.3. The molecule has 3 fully saturated rings. The molecule has 0 spiro atoms. The van der Waals surface area contributed by atoms with Gasteiger partial charge >= 0.3 is 5.97 Å². The Labute approximate surface area is 82.7 Å². The van der Waals surface area contributed by atoms with Gasteiger partial charge in [0.1, 0.15) is 0 Å². The molecule has 78 valence electrons. The molecule has 0 aromatic carbocycles. The number of aliphatic carboxylic acids is 1. The Bertz CT molecular complexity index is 281. The van der Waals surface area contributed by atoms with E-state index in [-0.39, 0.29) is 17.2 Å². The highest BCUT2D eigenvalue weighted by molar-refractivity contribution is 5.74. The Morgan fingerprint density at radius 3 is 2.64 bits per heavy atom. The second-order valence-electron chi connectivity index (χ2n) is 4.67. The molecule has 3 saturated carbocycles. The fourth-order valence-electron chi connectivity index (χ4n) is 3.06. The van der Waals surface area contributed by atoms with Crippen molar-refractivity contribution in [2.24, 2.45) is 17.3 Å². The van der Waals surface area contributed by atoms with E-state index in [2.05, 4.69) is 5.32 Å². The Hall–Kier alpha value is -1.06. The van der Waals surface area contributed by atoms with E-state index >= 15 is 0 Å². The fourth-order valence-corrected chi connectivity index (χ4v) is 3.06. The van der Waals surface area contributed by atoms with Gasteiger partial charge in [-0.3, -0.25) is 9.59 Å². The lowest BCUT2D eigenvalue weighted by Crippen LogP contribution is -2.45. The number of carbonyl (C=O) groups is 2. The summed E-state index contributed by atoms with van der Waals surface area (Å²) < 4.78 is 0. The molecule has 4 heteroatoms. The molecule has 3 aliphatic rings. The van der Waals surface area contributed by atoms with E-state index in [1.165, 1.54) is 6.92 Å². The number of fused-ring (bicyclic) bond motifs is 1. The highest BCUT2D eigenvalue weighted by Gasteiger charge is 2.59. The molecule has 14 heavy (non-hydrogen) atoms. The first-order valence-corrected chi connectivity index (χ1v) is 5.01. The van der Waals surface area contributed by atoms with Crippen LogP contribution < -0.4 is 5.32 Å². The second-order valence-corrected chi connectivity index (χ2v) is 4.67. The Morgan fingerprint density at radius 1 is 1.50 bits per heavy atom. The maximum Gasteiger partial charge on any atom is 0.307 e. The molecule has 4 nitrogen and oxygen atoms in total. The molecule has 0 aromatic heterocycles. The number of rotatable bonds is 3. The Kier molecular flexibility index (Phi) is 2.01. The smallest absolute Gasteiger partial charge is 0.307 e. The van der Waals surface area contributed by atoms with Crippen molar-refractivity contribution in [3.8, 4) is 0 Å². The minimum Gasteiger partial charge on any atom is -0.481 e. The predicted octanol–water partition coefficient (Wildman–Crippen LogP) is 0.623. The fraction of sp³-hybridized carbons (Fsp3) is 0.800. The van der Waals surface area contributed by atoms with E-state index in [1.54, 1.807) is 0 Å². The van der Waals surface area contributed by atoms with Crippen LogP contribution in [0.5, 0.6) is 0 Å². The zero-order valence-electron chi connectivity index (χ0n) is 8.25. The van der Waals surface area contributed by atoms with Gasteiger partial charge in [-0.2, -0.15) is 0 Å². The van der Waals surface area contributed by atoms with E-state index < -0.39 is 5.97 Å². The lowest BCUT2D eigenvalue weighted by molar-refractivity contribution is -0.145. The van der Waals surface area contributed by atoms with Crippen molar-refractivity contribution < 1.29 is 14.7 Å². The number of nitrogens with one attached hydrogen (secondary N) is 1. The van der Waals surface area contributed by atoms with E-state index in [9.17, 15) is 9.59 Å². The summed E-state index contributed by atoms with van der Waals surface area (Å²) in [6.45, 7) is 2.01. The monoisotopic (exact) mass is 197 g/mol. The van der Waals surface area contributed by atoms with Crippen LogP contribution >= 0.6 is 0 Å². The van der Waals surface area contributed by atoms with E-state index in [0.29, 0.717) is 12.5 Å². The van der Waals surface area contributed by atoms with Gasteiger partial charge in [0.2, 0.25) is 5.91 Å².